The van der Waals surface area contributed by atoms with E-state index in [9.17, 15) is 9.59 Å². The lowest BCUT2D eigenvalue weighted by Gasteiger charge is -2.44. The highest BCUT2D eigenvalue weighted by molar-refractivity contribution is 6.07. The van der Waals surface area contributed by atoms with Gasteiger partial charge in [0.1, 0.15) is 5.54 Å². The zero-order valence-corrected chi connectivity index (χ0v) is 9.33. The number of nitrogens with zero attached hydrogens (tertiary/aromatic N) is 1. The Morgan fingerprint density at radius 3 is 2.60 bits per heavy atom. The predicted octanol–water partition coefficient (Wildman–Crippen LogP) is -0.0753. The number of rotatable bonds is 0. The molecule has 5 heteroatoms. The molecule has 0 aliphatic carbocycles. The van der Waals surface area contributed by atoms with E-state index in [4.69, 9.17) is 0 Å². The van der Waals surface area contributed by atoms with E-state index in [0.717, 1.165) is 6.54 Å². The molecule has 0 aromatic rings. The molecule has 0 radical (unpaired) electrons. The fourth-order valence-electron chi connectivity index (χ4n) is 2.59. The van der Waals surface area contributed by atoms with E-state index < -0.39 is 5.54 Å². The monoisotopic (exact) mass is 211 g/mol. The number of nitrogens with one attached hydrogen (secondary N) is 2. The molecule has 2 aliphatic heterocycles. The summed E-state index contributed by atoms with van der Waals surface area (Å²) >= 11 is 0. The number of hydrogen-bond donors (Lipinski definition) is 2. The number of likely N-dealkylation sites (tertiary alicyclic amines) is 1. The first-order valence-corrected chi connectivity index (χ1v) is 5.29. The topological polar surface area (TPSA) is 61.4 Å². The molecule has 2 saturated heterocycles. The normalized spacial score (nSPS) is 41.8. The van der Waals surface area contributed by atoms with Crippen LogP contribution in [-0.2, 0) is 4.79 Å². The molecule has 0 saturated carbocycles. The molecule has 3 atom stereocenters. The lowest BCUT2D eigenvalue weighted by atomic mass is 9.76. The lowest BCUT2D eigenvalue weighted by molar-refractivity contribution is -0.128. The second-order valence-electron chi connectivity index (χ2n) is 4.77. The number of carbonyl (C=O) groups excluding carboxylic acids is 2. The number of urea groups is 1. The third-order valence-electron chi connectivity index (χ3n) is 3.74. The molecule has 3 unspecified atom stereocenters. The van der Waals surface area contributed by atoms with E-state index in [1.807, 2.05) is 14.0 Å². The van der Waals surface area contributed by atoms with Gasteiger partial charge in [-0.15, -0.1) is 0 Å². The van der Waals surface area contributed by atoms with E-state index in [1.165, 1.54) is 0 Å². The van der Waals surface area contributed by atoms with Crippen molar-refractivity contribution < 1.29 is 9.59 Å². The molecule has 2 rings (SSSR count). The van der Waals surface area contributed by atoms with Gasteiger partial charge in [-0.3, -0.25) is 10.1 Å². The van der Waals surface area contributed by atoms with Gasteiger partial charge < -0.3 is 10.2 Å². The molecule has 2 fully saturated rings. The quantitative estimate of drug-likeness (QED) is 0.551. The van der Waals surface area contributed by atoms with Crippen LogP contribution in [0.4, 0.5) is 4.79 Å². The summed E-state index contributed by atoms with van der Waals surface area (Å²) in [7, 11) is 2.04. The summed E-state index contributed by atoms with van der Waals surface area (Å²) in [6.07, 6.45) is 0.683. The molecule has 0 aromatic heterocycles. The number of piperidine rings is 1. The van der Waals surface area contributed by atoms with E-state index in [1.54, 1.807) is 0 Å². The molecule has 0 bridgehead atoms. The summed E-state index contributed by atoms with van der Waals surface area (Å²) in [5.41, 5.74) is -0.678. The summed E-state index contributed by atoms with van der Waals surface area (Å²) in [4.78, 5) is 25.2. The van der Waals surface area contributed by atoms with Crippen molar-refractivity contribution in [3.8, 4) is 0 Å². The van der Waals surface area contributed by atoms with Crippen LogP contribution in [0.15, 0.2) is 0 Å². The van der Waals surface area contributed by atoms with Crippen molar-refractivity contribution in [1.29, 1.82) is 0 Å². The molecule has 2 heterocycles. The van der Waals surface area contributed by atoms with Crippen molar-refractivity contribution in [1.82, 2.24) is 15.5 Å². The smallest absolute Gasteiger partial charge is 0.322 e. The highest BCUT2D eigenvalue weighted by Gasteiger charge is 2.53. The Labute approximate surface area is 89.2 Å². The molecule has 84 valence electrons. The summed E-state index contributed by atoms with van der Waals surface area (Å²) < 4.78 is 0. The maximum Gasteiger partial charge on any atom is 0.322 e. The number of carbonyl (C=O) groups is 2. The summed E-state index contributed by atoms with van der Waals surface area (Å²) in [5.74, 6) is -0.0231. The Morgan fingerprint density at radius 1 is 1.40 bits per heavy atom. The van der Waals surface area contributed by atoms with Gasteiger partial charge in [-0.05, 0) is 20.4 Å². The minimum atomic E-state index is -0.678. The first-order valence-electron chi connectivity index (χ1n) is 5.29. The highest BCUT2D eigenvalue weighted by atomic mass is 16.2. The Balaban J connectivity index is 2.27. The summed E-state index contributed by atoms with van der Waals surface area (Å²) in [6, 6.07) is -0.0473. The Hall–Kier alpha value is -1.10. The highest BCUT2D eigenvalue weighted by Crippen LogP contribution is 2.33. The molecule has 0 aromatic carbocycles. The van der Waals surface area contributed by atoms with Crippen molar-refractivity contribution in [2.75, 3.05) is 13.6 Å². The van der Waals surface area contributed by atoms with Crippen LogP contribution in [0, 0.1) is 5.92 Å². The van der Waals surface area contributed by atoms with Gasteiger partial charge in [0.05, 0.1) is 0 Å². The number of hydrogen-bond acceptors (Lipinski definition) is 3. The first-order chi connectivity index (χ1) is 6.95. The van der Waals surface area contributed by atoms with Crippen LogP contribution in [0.3, 0.4) is 0 Å². The minimum absolute atomic E-state index is 0.144. The van der Waals surface area contributed by atoms with Gasteiger partial charge in [-0.1, -0.05) is 6.92 Å². The average Bonchev–Trinajstić information content (AvgIpc) is 2.40. The third-order valence-corrected chi connectivity index (χ3v) is 3.74. The minimum Gasteiger partial charge on any atom is -0.323 e. The van der Waals surface area contributed by atoms with Crippen LogP contribution in [0.5, 0.6) is 0 Å². The number of imide groups is 1. The first kappa shape index (κ1) is 10.4. The second-order valence-corrected chi connectivity index (χ2v) is 4.77. The van der Waals surface area contributed by atoms with Crippen LogP contribution >= 0.6 is 0 Å². The van der Waals surface area contributed by atoms with E-state index in [0.29, 0.717) is 12.5 Å². The largest absolute Gasteiger partial charge is 0.323 e. The van der Waals surface area contributed by atoms with Gasteiger partial charge in [-0.2, -0.15) is 0 Å². The van der Waals surface area contributed by atoms with Crippen LogP contribution in [-0.4, -0.2) is 42.0 Å². The summed E-state index contributed by atoms with van der Waals surface area (Å²) in [5, 5.41) is 5.13. The molecule has 2 aliphatic rings. The zero-order valence-electron chi connectivity index (χ0n) is 9.33. The van der Waals surface area contributed by atoms with Crippen LogP contribution in [0.1, 0.15) is 20.3 Å². The Morgan fingerprint density at radius 2 is 2.07 bits per heavy atom. The van der Waals surface area contributed by atoms with Gasteiger partial charge in [0.25, 0.3) is 5.91 Å². The van der Waals surface area contributed by atoms with Crippen LogP contribution < -0.4 is 10.6 Å². The third kappa shape index (κ3) is 1.42. The molecular weight excluding hydrogens is 194 g/mol. The average molecular weight is 211 g/mol. The molecular formula is C10H17N3O2. The molecule has 3 amide bonds. The summed E-state index contributed by atoms with van der Waals surface area (Å²) in [6.45, 7) is 4.91. The van der Waals surface area contributed by atoms with Crippen LogP contribution in [0.25, 0.3) is 0 Å². The second kappa shape index (κ2) is 3.20. The van der Waals surface area contributed by atoms with E-state index in [2.05, 4.69) is 22.5 Å². The van der Waals surface area contributed by atoms with Gasteiger partial charge in [0.15, 0.2) is 0 Å². The number of amides is 3. The maximum absolute atomic E-state index is 11.8. The zero-order chi connectivity index (χ0) is 11.2. The SMILES string of the molecule is CC1CC2(NC(=O)NC2=O)C(C)CN1C. The van der Waals surface area contributed by atoms with Gasteiger partial charge >= 0.3 is 6.03 Å². The van der Waals surface area contributed by atoms with Crippen LogP contribution in [0.2, 0.25) is 0 Å². The molecule has 1 spiro atoms. The molecule has 5 nitrogen and oxygen atoms in total. The fourth-order valence-corrected chi connectivity index (χ4v) is 2.59. The predicted molar refractivity (Wildman–Crippen MR) is 55.3 cm³/mol. The van der Waals surface area contributed by atoms with Gasteiger partial charge in [-0.25, -0.2) is 4.79 Å². The maximum atomic E-state index is 11.8. The Bertz CT molecular complexity index is 318. The van der Waals surface area contributed by atoms with E-state index in [-0.39, 0.29) is 17.9 Å². The molecule has 2 N–H and O–H groups in total. The van der Waals surface area contributed by atoms with Crippen molar-refractivity contribution >= 4 is 11.9 Å². The fraction of sp³-hybridized carbons (Fsp3) is 0.800. The van der Waals surface area contributed by atoms with Crippen molar-refractivity contribution in [3.63, 3.8) is 0 Å². The standard InChI is InChI=1S/C10H17N3O2/c1-6-5-13(3)7(2)4-10(6)8(14)11-9(15)12-10/h6-7H,4-5H2,1-3H3,(H2,11,12,14,15). The van der Waals surface area contributed by atoms with Crippen molar-refractivity contribution in [2.45, 2.75) is 31.8 Å². The van der Waals surface area contributed by atoms with E-state index >= 15 is 0 Å². The van der Waals surface area contributed by atoms with Gasteiger partial charge in [0.2, 0.25) is 0 Å². The van der Waals surface area contributed by atoms with Crippen molar-refractivity contribution in [2.24, 2.45) is 5.92 Å². The van der Waals surface area contributed by atoms with Crippen molar-refractivity contribution in [3.05, 3.63) is 0 Å². The lowest BCUT2D eigenvalue weighted by Crippen LogP contribution is -2.62. The Kier molecular flexibility index (Phi) is 2.22. The van der Waals surface area contributed by atoms with Gasteiger partial charge in [0, 0.05) is 18.5 Å². The molecule has 15 heavy (non-hydrogen) atoms.